The number of amides is 1. The Hall–Kier alpha value is -1.81. The van der Waals surface area contributed by atoms with Crippen LogP contribution in [0.3, 0.4) is 0 Å². The Bertz CT molecular complexity index is 664. The summed E-state index contributed by atoms with van der Waals surface area (Å²) < 4.78 is 0. The van der Waals surface area contributed by atoms with Gasteiger partial charge in [-0.3, -0.25) is 4.79 Å². The zero-order valence-corrected chi connectivity index (χ0v) is 12.8. The Kier molecular flexibility index (Phi) is 3.62. The van der Waals surface area contributed by atoms with Crippen LogP contribution >= 0.6 is 0 Å². The monoisotopic (exact) mass is 297 g/mol. The number of nitrogens with zero attached hydrogens (tertiary/aromatic N) is 1. The molecule has 2 aromatic rings. The van der Waals surface area contributed by atoms with Gasteiger partial charge in [-0.25, -0.2) is 0 Å². The second kappa shape index (κ2) is 5.76. The second-order valence-corrected chi connectivity index (χ2v) is 6.54. The smallest absolute Gasteiger partial charge is 0.239 e. The van der Waals surface area contributed by atoms with Crippen LogP contribution in [0.5, 0.6) is 0 Å². The van der Waals surface area contributed by atoms with Gasteiger partial charge in [-0.2, -0.15) is 0 Å². The van der Waals surface area contributed by atoms with Gasteiger partial charge < -0.3 is 15.2 Å². The number of benzene rings is 1. The van der Waals surface area contributed by atoms with E-state index in [1.165, 1.54) is 16.5 Å². The number of carbonyl (C=O) groups is 1. The quantitative estimate of drug-likeness (QED) is 0.895. The van der Waals surface area contributed by atoms with E-state index in [0.29, 0.717) is 11.8 Å². The number of nitrogens with one attached hydrogen (secondary N) is 2. The third-order valence-corrected chi connectivity index (χ3v) is 5.23. The minimum absolute atomic E-state index is 0.0737. The number of H-pyrrole nitrogens is 1. The maximum absolute atomic E-state index is 12.5. The van der Waals surface area contributed by atoms with Crippen molar-refractivity contribution in [3.05, 3.63) is 36.0 Å². The summed E-state index contributed by atoms with van der Waals surface area (Å²) in [5, 5.41) is 4.66. The summed E-state index contributed by atoms with van der Waals surface area (Å²) in [6.07, 6.45) is 6.43. The largest absolute Gasteiger partial charge is 0.361 e. The molecule has 4 nitrogen and oxygen atoms in total. The number of aromatic nitrogens is 1. The van der Waals surface area contributed by atoms with Crippen LogP contribution in [0, 0.1) is 0 Å². The highest BCUT2D eigenvalue weighted by Gasteiger charge is 2.30. The van der Waals surface area contributed by atoms with E-state index in [1.807, 2.05) is 0 Å². The van der Waals surface area contributed by atoms with E-state index < -0.39 is 0 Å². The summed E-state index contributed by atoms with van der Waals surface area (Å²) in [6.45, 7) is 2.77. The summed E-state index contributed by atoms with van der Waals surface area (Å²) in [7, 11) is 0. The van der Waals surface area contributed by atoms with Gasteiger partial charge in [0.25, 0.3) is 0 Å². The van der Waals surface area contributed by atoms with Crippen molar-refractivity contribution in [2.75, 3.05) is 19.6 Å². The lowest BCUT2D eigenvalue weighted by atomic mass is 9.89. The van der Waals surface area contributed by atoms with Crippen molar-refractivity contribution in [3.8, 4) is 0 Å². The summed E-state index contributed by atoms with van der Waals surface area (Å²) in [4.78, 5) is 17.9. The fourth-order valence-corrected chi connectivity index (χ4v) is 3.96. The molecule has 4 heteroatoms. The first-order valence-corrected chi connectivity index (χ1v) is 8.41. The van der Waals surface area contributed by atoms with Gasteiger partial charge in [0.15, 0.2) is 0 Å². The van der Waals surface area contributed by atoms with E-state index in [4.69, 9.17) is 0 Å². The molecule has 2 N–H and O–H groups in total. The van der Waals surface area contributed by atoms with Gasteiger partial charge in [-0.15, -0.1) is 0 Å². The lowest BCUT2D eigenvalue weighted by Crippen LogP contribution is -2.46. The first-order chi connectivity index (χ1) is 10.8. The zero-order valence-electron chi connectivity index (χ0n) is 12.8. The summed E-state index contributed by atoms with van der Waals surface area (Å²) >= 11 is 0. The van der Waals surface area contributed by atoms with Crippen molar-refractivity contribution in [1.82, 2.24) is 15.2 Å². The van der Waals surface area contributed by atoms with Crippen molar-refractivity contribution < 1.29 is 4.79 Å². The first-order valence-electron chi connectivity index (χ1n) is 8.41. The van der Waals surface area contributed by atoms with Gasteiger partial charge >= 0.3 is 0 Å². The van der Waals surface area contributed by atoms with Crippen LogP contribution in [0.1, 0.15) is 37.2 Å². The van der Waals surface area contributed by atoms with Gasteiger partial charge in [0.05, 0.1) is 6.04 Å². The van der Waals surface area contributed by atoms with E-state index in [0.717, 1.165) is 45.3 Å². The van der Waals surface area contributed by atoms with E-state index >= 15 is 0 Å². The SMILES string of the molecule is O=C(C1CCCN1)N1CCC(c2c[nH]c3ccccc23)CC1. The number of aromatic amines is 1. The minimum Gasteiger partial charge on any atom is -0.361 e. The fourth-order valence-electron chi connectivity index (χ4n) is 3.96. The lowest BCUT2D eigenvalue weighted by Gasteiger charge is -2.33. The van der Waals surface area contributed by atoms with Crippen LogP contribution in [0.2, 0.25) is 0 Å². The number of para-hydroxylation sites is 1. The number of piperidine rings is 1. The molecule has 1 amide bonds. The number of hydrogen-bond donors (Lipinski definition) is 2. The van der Waals surface area contributed by atoms with Crippen LogP contribution in [0.4, 0.5) is 0 Å². The Labute approximate surface area is 130 Å². The highest BCUT2D eigenvalue weighted by atomic mass is 16.2. The van der Waals surface area contributed by atoms with Crippen molar-refractivity contribution in [2.45, 2.75) is 37.6 Å². The summed E-state index contributed by atoms with van der Waals surface area (Å²) in [6, 6.07) is 8.57. The highest BCUT2D eigenvalue weighted by molar-refractivity contribution is 5.84. The first kappa shape index (κ1) is 13.8. The maximum atomic E-state index is 12.5. The van der Waals surface area contributed by atoms with Crippen molar-refractivity contribution >= 4 is 16.8 Å². The van der Waals surface area contributed by atoms with Crippen molar-refractivity contribution in [2.24, 2.45) is 0 Å². The number of hydrogen-bond acceptors (Lipinski definition) is 2. The third-order valence-electron chi connectivity index (χ3n) is 5.23. The molecule has 0 spiro atoms. The molecule has 0 radical (unpaired) electrons. The molecule has 0 bridgehead atoms. The van der Waals surface area contributed by atoms with E-state index in [9.17, 15) is 4.79 Å². The van der Waals surface area contributed by atoms with Crippen LogP contribution in [-0.4, -0.2) is 41.5 Å². The Balaban J connectivity index is 1.44. The Morgan fingerprint density at radius 1 is 1.14 bits per heavy atom. The molecule has 0 saturated carbocycles. The van der Waals surface area contributed by atoms with Gasteiger partial charge in [0.2, 0.25) is 5.91 Å². The van der Waals surface area contributed by atoms with Crippen LogP contribution in [-0.2, 0) is 4.79 Å². The average molecular weight is 297 g/mol. The predicted octanol–water partition coefficient (Wildman–Crippen LogP) is 2.63. The third kappa shape index (κ3) is 2.41. The van der Waals surface area contributed by atoms with Crippen molar-refractivity contribution in [1.29, 1.82) is 0 Å². The average Bonchev–Trinajstić information content (AvgIpc) is 3.24. The molecule has 1 unspecified atom stereocenters. The normalized spacial score (nSPS) is 23.3. The molecule has 2 saturated heterocycles. The minimum atomic E-state index is 0.0737. The standard InChI is InChI=1S/C18H23N3O/c22-18(17-6-3-9-19-17)21-10-7-13(8-11-21)15-12-20-16-5-2-1-4-14(15)16/h1-2,4-5,12-13,17,19-20H,3,6-11H2. The van der Waals surface area contributed by atoms with Gasteiger partial charge in [0, 0.05) is 30.2 Å². The second-order valence-electron chi connectivity index (χ2n) is 6.54. The molecular weight excluding hydrogens is 274 g/mol. The molecule has 1 aromatic carbocycles. The van der Waals surface area contributed by atoms with E-state index in [-0.39, 0.29) is 6.04 Å². The molecule has 0 aliphatic carbocycles. The van der Waals surface area contributed by atoms with Gasteiger partial charge in [-0.1, -0.05) is 18.2 Å². The van der Waals surface area contributed by atoms with Crippen LogP contribution < -0.4 is 5.32 Å². The predicted molar refractivity (Wildman–Crippen MR) is 87.9 cm³/mol. The zero-order chi connectivity index (χ0) is 14.9. The molecule has 116 valence electrons. The highest BCUT2D eigenvalue weighted by Crippen LogP contribution is 2.33. The Morgan fingerprint density at radius 2 is 1.95 bits per heavy atom. The van der Waals surface area contributed by atoms with Crippen molar-refractivity contribution in [3.63, 3.8) is 0 Å². The van der Waals surface area contributed by atoms with Crippen LogP contribution in [0.25, 0.3) is 10.9 Å². The van der Waals surface area contributed by atoms with Gasteiger partial charge in [-0.05, 0) is 49.8 Å². The molecule has 2 fully saturated rings. The number of carbonyl (C=O) groups excluding carboxylic acids is 1. The maximum Gasteiger partial charge on any atom is 0.239 e. The molecule has 1 atom stereocenters. The molecule has 1 aromatic heterocycles. The molecule has 4 rings (SSSR count). The summed E-state index contributed by atoms with van der Waals surface area (Å²) in [5.41, 5.74) is 2.63. The Morgan fingerprint density at radius 3 is 2.73 bits per heavy atom. The summed E-state index contributed by atoms with van der Waals surface area (Å²) in [5.74, 6) is 0.881. The molecular formula is C18H23N3O. The molecule has 2 aliphatic heterocycles. The molecule has 3 heterocycles. The topological polar surface area (TPSA) is 48.1 Å². The lowest BCUT2D eigenvalue weighted by molar-refractivity contribution is -0.134. The van der Waals surface area contributed by atoms with E-state index in [2.05, 4.69) is 45.7 Å². The van der Waals surface area contributed by atoms with Gasteiger partial charge in [0.1, 0.15) is 0 Å². The number of rotatable bonds is 2. The number of fused-ring (bicyclic) bond motifs is 1. The van der Waals surface area contributed by atoms with Crippen LogP contribution in [0.15, 0.2) is 30.5 Å². The molecule has 2 aliphatic rings. The fraction of sp³-hybridized carbons (Fsp3) is 0.500. The number of likely N-dealkylation sites (tertiary alicyclic amines) is 1. The molecule has 22 heavy (non-hydrogen) atoms. The van der Waals surface area contributed by atoms with E-state index in [1.54, 1.807) is 0 Å².